The summed E-state index contributed by atoms with van der Waals surface area (Å²) in [5, 5.41) is 3.47. The molecular weight excluding hydrogens is 274 g/mol. The second kappa shape index (κ2) is 8.18. The summed E-state index contributed by atoms with van der Waals surface area (Å²) < 4.78 is 5.45. The van der Waals surface area contributed by atoms with Gasteiger partial charge in [0.25, 0.3) is 0 Å². The van der Waals surface area contributed by atoms with Crippen molar-refractivity contribution in [2.45, 2.75) is 26.7 Å². The molecule has 1 unspecified atom stereocenters. The van der Waals surface area contributed by atoms with Crippen molar-refractivity contribution >= 4 is 5.96 Å². The molecule has 1 aliphatic heterocycles. The monoisotopic (exact) mass is 303 g/mol. The van der Waals surface area contributed by atoms with Gasteiger partial charge in [0.15, 0.2) is 5.96 Å². The quantitative estimate of drug-likeness (QED) is 0.670. The fourth-order valence-electron chi connectivity index (χ4n) is 3.02. The average molecular weight is 303 g/mol. The number of nitrogens with zero attached hydrogens (tertiary/aromatic N) is 2. The lowest BCUT2D eigenvalue weighted by atomic mass is 10.0. The van der Waals surface area contributed by atoms with Crippen molar-refractivity contribution < 1.29 is 4.74 Å². The van der Waals surface area contributed by atoms with Crippen molar-refractivity contribution in [2.24, 2.45) is 10.9 Å². The summed E-state index contributed by atoms with van der Waals surface area (Å²) in [6.45, 7) is 8.01. The van der Waals surface area contributed by atoms with Gasteiger partial charge >= 0.3 is 0 Å². The molecule has 1 atom stereocenters. The first-order valence-corrected chi connectivity index (χ1v) is 8.16. The molecule has 0 spiro atoms. The van der Waals surface area contributed by atoms with Crippen LogP contribution >= 0.6 is 0 Å². The Labute approximate surface area is 134 Å². The first-order chi connectivity index (χ1) is 10.6. The summed E-state index contributed by atoms with van der Waals surface area (Å²) in [4.78, 5) is 6.60. The number of guanidine groups is 1. The van der Waals surface area contributed by atoms with Gasteiger partial charge in [0.1, 0.15) is 0 Å². The van der Waals surface area contributed by atoms with Crippen molar-refractivity contribution in [3.05, 3.63) is 34.9 Å². The minimum Gasteiger partial charge on any atom is -0.381 e. The maximum atomic E-state index is 5.45. The number of rotatable bonds is 5. The molecule has 1 saturated heterocycles. The molecule has 1 aliphatic rings. The van der Waals surface area contributed by atoms with Crippen LogP contribution in [0.4, 0.5) is 0 Å². The van der Waals surface area contributed by atoms with Gasteiger partial charge in [-0.25, -0.2) is 0 Å². The maximum absolute atomic E-state index is 5.45. The molecule has 122 valence electrons. The van der Waals surface area contributed by atoms with Gasteiger partial charge in [-0.3, -0.25) is 4.99 Å². The van der Waals surface area contributed by atoms with Crippen LogP contribution in [0.15, 0.2) is 23.2 Å². The molecule has 2 rings (SSSR count). The predicted molar refractivity (Wildman–Crippen MR) is 92.5 cm³/mol. The van der Waals surface area contributed by atoms with Crippen LogP contribution < -0.4 is 5.32 Å². The van der Waals surface area contributed by atoms with Gasteiger partial charge in [0.05, 0.1) is 6.61 Å². The topological polar surface area (TPSA) is 36.9 Å². The second-order valence-electron chi connectivity index (χ2n) is 6.26. The van der Waals surface area contributed by atoms with Crippen LogP contribution in [-0.2, 0) is 11.2 Å². The Balaban J connectivity index is 1.80. The van der Waals surface area contributed by atoms with Gasteiger partial charge in [0.2, 0.25) is 0 Å². The Morgan fingerprint density at radius 2 is 2.23 bits per heavy atom. The van der Waals surface area contributed by atoms with E-state index in [2.05, 4.69) is 54.3 Å². The van der Waals surface area contributed by atoms with Crippen molar-refractivity contribution in [1.82, 2.24) is 10.2 Å². The first-order valence-electron chi connectivity index (χ1n) is 8.16. The smallest absolute Gasteiger partial charge is 0.193 e. The van der Waals surface area contributed by atoms with Crippen LogP contribution in [0.25, 0.3) is 0 Å². The van der Waals surface area contributed by atoms with E-state index in [0.29, 0.717) is 5.92 Å². The molecule has 22 heavy (non-hydrogen) atoms. The zero-order valence-electron chi connectivity index (χ0n) is 14.4. The summed E-state index contributed by atoms with van der Waals surface area (Å²) in [5.41, 5.74) is 4.09. The molecular formula is C18H29N3O. The first kappa shape index (κ1) is 16.8. The lowest BCUT2D eigenvalue weighted by molar-refractivity contribution is 0.181. The summed E-state index contributed by atoms with van der Waals surface area (Å²) in [6.07, 6.45) is 2.18. The zero-order valence-corrected chi connectivity index (χ0v) is 14.4. The number of nitrogens with one attached hydrogen (secondary N) is 1. The number of aliphatic imine (C=N–C) groups is 1. The van der Waals surface area contributed by atoms with E-state index >= 15 is 0 Å². The third kappa shape index (κ3) is 4.73. The van der Waals surface area contributed by atoms with Crippen LogP contribution in [0.2, 0.25) is 0 Å². The molecule has 0 radical (unpaired) electrons. The highest BCUT2D eigenvalue weighted by atomic mass is 16.5. The third-order valence-corrected chi connectivity index (χ3v) is 4.30. The molecule has 1 aromatic carbocycles. The molecule has 1 aromatic rings. The second-order valence-corrected chi connectivity index (χ2v) is 6.26. The Morgan fingerprint density at radius 1 is 1.41 bits per heavy atom. The number of benzene rings is 1. The number of aryl methyl sites for hydroxylation is 2. The molecule has 0 bridgehead atoms. The Kier molecular flexibility index (Phi) is 6.25. The van der Waals surface area contributed by atoms with E-state index in [4.69, 9.17) is 4.74 Å². The molecule has 1 N–H and O–H groups in total. The van der Waals surface area contributed by atoms with Gasteiger partial charge in [-0.15, -0.1) is 0 Å². The van der Waals surface area contributed by atoms with Crippen molar-refractivity contribution in [3.63, 3.8) is 0 Å². The van der Waals surface area contributed by atoms with Crippen molar-refractivity contribution in [3.8, 4) is 0 Å². The van der Waals surface area contributed by atoms with E-state index in [1.54, 1.807) is 0 Å². The van der Waals surface area contributed by atoms with Crippen LogP contribution in [0.3, 0.4) is 0 Å². The van der Waals surface area contributed by atoms with E-state index in [9.17, 15) is 0 Å². The highest BCUT2D eigenvalue weighted by Gasteiger charge is 2.18. The lowest BCUT2D eigenvalue weighted by Crippen LogP contribution is -2.42. The molecule has 0 amide bonds. The normalized spacial score (nSPS) is 18.5. The van der Waals surface area contributed by atoms with Gasteiger partial charge < -0.3 is 15.0 Å². The summed E-state index contributed by atoms with van der Waals surface area (Å²) in [6, 6.07) is 6.66. The standard InChI is InChI=1S/C18H29N3O/c1-14-5-6-17(15(2)11-14)7-9-20-18(19-3)21(4)12-16-8-10-22-13-16/h5-6,11,16H,7-10,12-13H2,1-4H3,(H,19,20). The molecule has 0 aliphatic carbocycles. The lowest BCUT2D eigenvalue weighted by Gasteiger charge is -2.24. The summed E-state index contributed by atoms with van der Waals surface area (Å²) in [5.74, 6) is 1.60. The van der Waals surface area contributed by atoms with Crippen molar-refractivity contribution in [1.29, 1.82) is 0 Å². The fourth-order valence-corrected chi connectivity index (χ4v) is 3.02. The average Bonchev–Trinajstić information content (AvgIpc) is 2.98. The molecule has 1 heterocycles. The SMILES string of the molecule is CN=C(NCCc1ccc(C)cc1C)N(C)CC1CCOC1. The fraction of sp³-hybridized carbons (Fsp3) is 0.611. The highest BCUT2D eigenvalue weighted by Crippen LogP contribution is 2.13. The van der Waals surface area contributed by atoms with E-state index in [1.807, 2.05) is 7.05 Å². The maximum Gasteiger partial charge on any atom is 0.193 e. The largest absolute Gasteiger partial charge is 0.381 e. The van der Waals surface area contributed by atoms with E-state index in [0.717, 1.165) is 45.1 Å². The van der Waals surface area contributed by atoms with E-state index in [-0.39, 0.29) is 0 Å². The van der Waals surface area contributed by atoms with Gasteiger partial charge in [0, 0.05) is 39.7 Å². The van der Waals surface area contributed by atoms with Crippen LogP contribution in [0, 0.1) is 19.8 Å². The number of hydrogen-bond donors (Lipinski definition) is 1. The molecule has 4 nitrogen and oxygen atoms in total. The molecule has 1 fully saturated rings. The van der Waals surface area contributed by atoms with Gasteiger partial charge in [-0.05, 0) is 37.8 Å². The molecule has 0 saturated carbocycles. The highest BCUT2D eigenvalue weighted by molar-refractivity contribution is 5.79. The third-order valence-electron chi connectivity index (χ3n) is 4.30. The molecule has 4 heteroatoms. The summed E-state index contributed by atoms with van der Waals surface area (Å²) in [7, 11) is 3.95. The van der Waals surface area contributed by atoms with Crippen LogP contribution in [0.5, 0.6) is 0 Å². The minimum absolute atomic E-state index is 0.628. The number of ether oxygens (including phenoxy) is 1. The van der Waals surface area contributed by atoms with Crippen LogP contribution in [0.1, 0.15) is 23.1 Å². The molecule has 0 aromatic heterocycles. The van der Waals surface area contributed by atoms with E-state index in [1.165, 1.54) is 16.7 Å². The Morgan fingerprint density at radius 3 is 2.86 bits per heavy atom. The Bertz CT molecular complexity index is 507. The predicted octanol–water partition coefficient (Wildman–Crippen LogP) is 2.39. The summed E-state index contributed by atoms with van der Waals surface area (Å²) >= 11 is 0. The number of hydrogen-bond acceptors (Lipinski definition) is 2. The Hall–Kier alpha value is -1.55. The zero-order chi connectivity index (χ0) is 15.9. The van der Waals surface area contributed by atoms with Gasteiger partial charge in [-0.2, -0.15) is 0 Å². The van der Waals surface area contributed by atoms with Crippen molar-refractivity contribution in [2.75, 3.05) is 40.4 Å². The van der Waals surface area contributed by atoms with Gasteiger partial charge in [-0.1, -0.05) is 23.8 Å². The minimum atomic E-state index is 0.628. The van der Waals surface area contributed by atoms with Crippen LogP contribution in [-0.4, -0.2) is 51.3 Å². The van der Waals surface area contributed by atoms with E-state index < -0.39 is 0 Å².